The molecule has 5 nitrogen and oxygen atoms in total. The van der Waals surface area contributed by atoms with E-state index in [1.165, 1.54) is 12.0 Å². The molecule has 0 spiro atoms. The lowest BCUT2D eigenvalue weighted by Crippen LogP contribution is -2.42. The molecule has 2 heterocycles. The van der Waals surface area contributed by atoms with E-state index in [0.717, 1.165) is 63.9 Å². The maximum Gasteiger partial charge on any atom is 0.217 e. The van der Waals surface area contributed by atoms with Crippen molar-refractivity contribution in [1.29, 1.82) is 0 Å². The molecular formula is C21H35N3O2. The summed E-state index contributed by atoms with van der Waals surface area (Å²) in [5.41, 5.74) is 1.50. The molecule has 1 saturated heterocycles. The van der Waals surface area contributed by atoms with Crippen LogP contribution in [0.3, 0.4) is 0 Å². The molecular weight excluding hydrogens is 326 g/mol. The summed E-state index contributed by atoms with van der Waals surface area (Å²) in [6, 6.07) is 0. The van der Waals surface area contributed by atoms with Crippen LogP contribution in [0, 0.1) is 23.7 Å². The van der Waals surface area contributed by atoms with Gasteiger partial charge in [0.25, 0.3) is 0 Å². The van der Waals surface area contributed by atoms with E-state index in [9.17, 15) is 0 Å². The molecule has 5 heteroatoms. The highest BCUT2D eigenvalue weighted by Gasteiger charge is 2.33. The first-order valence-electron chi connectivity index (χ1n) is 10.4. The summed E-state index contributed by atoms with van der Waals surface area (Å²) >= 11 is 0. The maximum absolute atomic E-state index is 5.85. The fourth-order valence-electron chi connectivity index (χ4n) is 4.46. The van der Waals surface area contributed by atoms with Crippen molar-refractivity contribution in [3.05, 3.63) is 23.4 Å². The van der Waals surface area contributed by atoms with Crippen molar-refractivity contribution in [3.63, 3.8) is 0 Å². The minimum atomic E-state index is 0.526. The van der Waals surface area contributed by atoms with Crippen LogP contribution in [-0.2, 0) is 17.6 Å². The number of nitrogens with zero attached hydrogens (tertiary/aromatic N) is 3. The Morgan fingerprint density at radius 2 is 1.92 bits per heavy atom. The SMILES string of the molecule is CCCc1nnc(C[C@H]2C[C@@H](C(C)C)[C@H](CN3CCOCC3)C=C2C)o1. The third kappa shape index (κ3) is 4.95. The number of hydrogen-bond acceptors (Lipinski definition) is 5. The van der Waals surface area contributed by atoms with E-state index in [2.05, 4.69) is 48.9 Å². The van der Waals surface area contributed by atoms with E-state index in [1.54, 1.807) is 0 Å². The molecule has 26 heavy (non-hydrogen) atoms. The van der Waals surface area contributed by atoms with Gasteiger partial charge in [-0.05, 0) is 43.4 Å². The molecule has 0 unspecified atom stereocenters. The van der Waals surface area contributed by atoms with E-state index < -0.39 is 0 Å². The molecule has 146 valence electrons. The van der Waals surface area contributed by atoms with E-state index in [-0.39, 0.29) is 0 Å². The van der Waals surface area contributed by atoms with E-state index in [0.29, 0.717) is 23.7 Å². The van der Waals surface area contributed by atoms with Crippen LogP contribution < -0.4 is 0 Å². The van der Waals surface area contributed by atoms with Gasteiger partial charge in [0.05, 0.1) is 13.2 Å². The first kappa shape index (κ1) is 19.6. The topological polar surface area (TPSA) is 51.4 Å². The first-order chi connectivity index (χ1) is 12.6. The standard InChI is InChI=1S/C21H35N3O2/c1-5-6-20-22-23-21(26-20)13-17-12-19(15(2)3)18(11-16(17)4)14-24-7-9-25-10-8-24/h11,15,17-19H,5-10,12-14H2,1-4H3/t17-,18+,19+/m1/s1. The van der Waals surface area contributed by atoms with E-state index in [4.69, 9.17) is 9.15 Å². The third-order valence-electron chi connectivity index (χ3n) is 6.05. The summed E-state index contributed by atoms with van der Waals surface area (Å²) in [5.74, 6) is 4.16. The summed E-state index contributed by atoms with van der Waals surface area (Å²) < 4.78 is 11.4. The smallest absolute Gasteiger partial charge is 0.217 e. The van der Waals surface area contributed by atoms with Crippen molar-refractivity contribution < 1.29 is 9.15 Å². The Balaban J connectivity index is 1.67. The van der Waals surface area contributed by atoms with E-state index >= 15 is 0 Å². The average molecular weight is 362 g/mol. The first-order valence-corrected chi connectivity index (χ1v) is 10.4. The number of rotatable bonds is 7. The van der Waals surface area contributed by atoms with Crippen LogP contribution in [0.15, 0.2) is 16.1 Å². The lowest BCUT2D eigenvalue weighted by atomic mass is 9.69. The van der Waals surface area contributed by atoms with Crippen LogP contribution >= 0.6 is 0 Å². The number of hydrogen-bond donors (Lipinski definition) is 0. The van der Waals surface area contributed by atoms with Crippen LogP contribution in [0.5, 0.6) is 0 Å². The van der Waals surface area contributed by atoms with Gasteiger partial charge in [0.15, 0.2) is 0 Å². The Morgan fingerprint density at radius 3 is 2.62 bits per heavy atom. The van der Waals surface area contributed by atoms with Gasteiger partial charge in [-0.15, -0.1) is 10.2 Å². The minimum absolute atomic E-state index is 0.526. The van der Waals surface area contributed by atoms with Crippen molar-refractivity contribution in [3.8, 4) is 0 Å². The summed E-state index contributed by atoms with van der Waals surface area (Å²) in [5, 5.41) is 8.47. The highest BCUT2D eigenvalue weighted by Crippen LogP contribution is 2.39. The molecule has 1 aliphatic carbocycles. The summed E-state index contributed by atoms with van der Waals surface area (Å²) in [6.45, 7) is 14.2. The molecule has 0 bridgehead atoms. The quantitative estimate of drug-likeness (QED) is 0.692. The van der Waals surface area contributed by atoms with Crippen molar-refractivity contribution in [2.24, 2.45) is 23.7 Å². The molecule has 0 saturated carbocycles. The van der Waals surface area contributed by atoms with Crippen molar-refractivity contribution >= 4 is 0 Å². The summed E-state index contributed by atoms with van der Waals surface area (Å²) in [4.78, 5) is 2.57. The monoisotopic (exact) mass is 361 g/mol. The number of morpholine rings is 1. The molecule has 0 amide bonds. The van der Waals surface area contributed by atoms with Gasteiger partial charge < -0.3 is 9.15 Å². The van der Waals surface area contributed by atoms with Gasteiger partial charge in [-0.25, -0.2) is 0 Å². The Hall–Kier alpha value is -1.20. The Labute approximate surface area is 158 Å². The van der Waals surface area contributed by atoms with Crippen LogP contribution in [0.1, 0.15) is 52.3 Å². The predicted molar refractivity (Wildman–Crippen MR) is 103 cm³/mol. The number of allylic oxidation sites excluding steroid dienone is 1. The third-order valence-corrected chi connectivity index (χ3v) is 6.05. The number of aryl methyl sites for hydroxylation is 1. The molecule has 1 aliphatic heterocycles. The lowest BCUT2D eigenvalue weighted by molar-refractivity contribution is 0.0256. The van der Waals surface area contributed by atoms with Crippen LogP contribution in [0.25, 0.3) is 0 Å². The van der Waals surface area contributed by atoms with Crippen molar-refractivity contribution in [1.82, 2.24) is 15.1 Å². The van der Waals surface area contributed by atoms with Gasteiger partial charge >= 0.3 is 0 Å². The number of ether oxygens (including phenoxy) is 1. The lowest BCUT2D eigenvalue weighted by Gasteiger charge is -2.40. The minimum Gasteiger partial charge on any atom is -0.425 e. The van der Waals surface area contributed by atoms with Gasteiger partial charge in [0, 0.05) is 32.5 Å². The summed E-state index contributed by atoms with van der Waals surface area (Å²) in [6.07, 6.45) is 6.57. The second-order valence-corrected chi connectivity index (χ2v) is 8.37. The van der Waals surface area contributed by atoms with Crippen LogP contribution in [0.4, 0.5) is 0 Å². The molecule has 0 radical (unpaired) electrons. The van der Waals surface area contributed by atoms with Gasteiger partial charge in [-0.2, -0.15) is 0 Å². The molecule has 1 aromatic rings. The second-order valence-electron chi connectivity index (χ2n) is 8.37. The molecule has 3 atom stereocenters. The highest BCUT2D eigenvalue weighted by molar-refractivity contribution is 5.14. The largest absolute Gasteiger partial charge is 0.425 e. The van der Waals surface area contributed by atoms with Crippen LogP contribution in [-0.4, -0.2) is 47.9 Å². The summed E-state index contributed by atoms with van der Waals surface area (Å²) in [7, 11) is 0. The average Bonchev–Trinajstić information content (AvgIpc) is 3.05. The Bertz CT molecular complexity index is 590. The number of aromatic nitrogens is 2. The molecule has 3 rings (SSSR count). The normalized spacial score (nSPS) is 27.7. The zero-order chi connectivity index (χ0) is 18.5. The molecule has 1 aromatic heterocycles. The molecule has 1 fully saturated rings. The van der Waals surface area contributed by atoms with Crippen molar-refractivity contribution in [2.45, 2.75) is 53.4 Å². The fraction of sp³-hybridized carbons (Fsp3) is 0.810. The zero-order valence-electron chi connectivity index (χ0n) is 16.9. The second kappa shape index (κ2) is 9.14. The van der Waals surface area contributed by atoms with Crippen molar-refractivity contribution in [2.75, 3.05) is 32.8 Å². The molecule has 2 aliphatic rings. The van der Waals surface area contributed by atoms with Gasteiger partial charge in [-0.3, -0.25) is 4.90 Å². The molecule has 0 N–H and O–H groups in total. The predicted octanol–water partition coefficient (Wildman–Crippen LogP) is 3.75. The van der Waals surface area contributed by atoms with Gasteiger partial charge in [0.1, 0.15) is 0 Å². The van der Waals surface area contributed by atoms with Gasteiger partial charge in [0.2, 0.25) is 11.8 Å². The Morgan fingerprint density at radius 1 is 1.19 bits per heavy atom. The van der Waals surface area contributed by atoms with Gasteiger partial charge in [-0.1, -0.05) is 32.4 Å². The highest BCUT2D eigenvalue weighted by atomic mass is 16.5. The van der Waals surface area contributed by atoms with Crippen LogP contribution in [0.2, 0.25) is 0 Å². The zero-order valence-corrected chi connectivity index (χ0v) is 16.9. The Kier molecular flexibility index (Phi) is 6.87. The molecule has 0 aromatic carbocycles. The van der Waals surface area contributed by atoms with E-state index in [1.807, 2.05) is 0 Å². The maximum atomic E-state index is 5.85. The fourth-order valence-corrected chi connectivity index (χ4v) is 4.46.